The van der Waals surface area contributed by atoms with Crippen molar-refractivity contribution in [1.82, 2.24) is 0 Å². The summed E-state index contributed by atoms with van der Waals surface area (Å²) in [7, 11) is 0. The summed E-state index contributed by atoms with van der Waals surface area (Å²) in [5, 5.41) is 0. The first kappa shape index (κ1) is 15.5. The molecule has 0 saturated heterocycles. The Hall–Kier alpha value is -1.38. The van der Waals surface area contributed by atoms with Crippen LogP contribution in [-0.4, -0.2) is 0 Å². The second kappa shape index (κ2) is 6.39. The van der Waals surface area contributed by atoms with Crippen molar-refractivity contribution in [3.63, 3.8) is 0 Å². The molecular formula is C20H16Br2. The van der Waals surface area contributed by atoms with Gasteiger partial charge in [0.15, 0.2) is 0 Å². The van der Waals surface area contributed by atoms with Crippen LogP contribution >= 0.6 is 31.9 Å². The minimum absolute atomic E-state index is 0.131. The van der Waals surface area contributed by atoms with Gasteiger partial charge in [0, 0.05) is 4.47 Å². The van der Waals surface area contributed by atoms with Gasteiger partial charge >= 0.3 is 0 Å². The average Bonchev–Trinajstić information content (AvgIpc) is 2.56. The summed E-state index contributed by atoms with van der Waals surface area (Å²) in [4.78, 5) is 0. The number of hydrogen-bond donors (Lipinski definition) is 0. The van der Waals surface area contributed by atoms with Crippen molar-refractivity contribution < 1.29 is 0 Å². The molecule has 2 aromatic carbocycles. The molecule has 0 aliphatic heterocycles. The van der Waals surface area contributed by atoms with Crippen molar-refractivity contribution in [3.8, 4) is 0 Å². The Balaban J connectivity index is 1.82. The van der Waals surface area contributed by atoms with E-state index in [1.54, 1.807) is 0 Å². The molecule has 1 unspecified atom stereocenters. The van der Waals surface area contributed by atoms with Gasteiger partial charge in [0.05, 0.1) is 4.32 Å². The van der Waals surface area contributed by atoms with Gasteiger partial charge in [-0.3, -0.25) is 0 Å². The predicted molar refractivity (Wildman–Crippen MR) is 102 cm³/mol. The molecule has 0 N–H and O–H groups in total. The molecule has 1 atom stereocenters. The molecule has 0 aromatic heterocycles. The molecule has 1 aliphatic carbocycles. The number of alkyl halides is 1. The highest BCUT2D eigenvalue weighted by Gasteiger charge is 2.27. The minimum atomic E-state index is -0.131. The monoisotopic (exact) mass is 414 g/mol. The summed E-state index contributed by atoms with van der Waals surface area (Å²) >= 11 is 7.37. The van der Waals surface area contributed by atoms with E-state index in [1.165, 1.54) is 16.7 Å². The van der Waals surface area contributed by atoms with Gasteiger partial charge in [0.1, 0.15) is 0 Å². The Bertz CT molecular complexity index is 739. The Morgan fingerprint density at radius 3 is 2.27 bits per heavy atom. The quantitative estimate of drug-likeness (QED) is 0.493. The molecule has 0 heterocycles. The lowest BCUT2D eigenvalue weighted by molar-refractivity contribution is 0.793. The molecule has 0 amide bonds. The Morgan fingerprint density at radius 1 is 1.00 bits per heavy atom. The van der Waals surface area contributed by atoms with Crippen LogP contribution in [0.4, 0.5) is 0 Å². The highest BCUT2D eigenvalue weighted by molar-refractivity contribution is 9.10. The zero-order chi connectivity index (χ0) is 15.6. The fraction of sp³-hybridized carbons (Fsp3) is 0.100. The maximum atomic E-state index is 4.24. The zero-order valence-corrected chi connectivity index (χ0v) is 15.3. The van der Waals surface area contributed by atoms with E-state index in [1.807, 2.05) is 18.2 Å². The van der Waals surface area contributed by atoms with Crippen molar-refractivity contribution in [1.29, 1.82) is 0 Å². The summed E-state index contributed by atoms with van der Waals surface area (Å²) in [5.41, 5.74) is 4.69. The van der Waals surface area contributed by atoms with Crippen LogP contribution in [0.2, 0.25) is 0 Å². The number of halogens is 2. The van der Waals surface area contributed by atoms with E-state index >= 15 is 0 Å². The zero-order valence-electron chi connectivity index (χ0n) is 12.1. The van der Waals surface area contributed by atoms with Crippen LogP contribution in [0.1, 0.15) is 17.5 Å². The van der Waals surface area contributed by atoms with E-state index in [0.29, 0.717) is 0 Å². The van der Waals surface area contributed by atoms with Gasteiger partial charge in [-0.15, -0.1) is 0 Å². The van der Waals surface area contributed by atoms with Gasteiger partial charge in [-0.1, -0.05) is 99.1 Å². The largest absolute Gasteiger partial charge is 0.0906 e. The maximum Gasteiger partial charge on any atom is 0.0723 e. The topological polar surface area (TPSA) is 0 Å². The fourth-order valence-electron chi connectivity index (χ4n) is 2.59. The number of allylic oxidation sites excluding steroid dienone is 5. The summed E-state index contributed by atoms with van der Waals surface area (Å²) in [6.45, 7) is 4.24. The molecule has 0 fully saturated rings. The molecule has 110 valence electrons. The van der Waals surface area contributed by atoms with Crippen LogP contribution in [0.5, 0.6) is 0 Å². The molecule has 0 bridgehead atoms. The van der Waals surface area contributed by atoms with E-state index < -0.39 is 0 Å². The molecule has 3 rings (SSSR count). The van der Waals surface area contributed by atoms with E-state index in [-0.39, 0.29) is 4.32 Å². The van der Waals surface area contributed by atoms with Gasteiger partial charge in [-0.25, -0.2) is 0 Å². The van der Waals surface area contributed by atoms with Crippen molar-refractivity contribution >= 4 is 37.4 Å². The normalized spacial score (nSPS) is 20.5. The molecule has 1 aliphatic rings. The lowest BCUT2D eigenvalue weighted by atomic mass is 9.87. The highest BCUT2D eigenvalue weighted by Crippen LogP contribution is 2.42. The number of rotatable bonds is 3. The number of benzene rings is 2. The van der Waals surface area contributed by atoms with Crippen molar-refractivity contribution in [3.05, 3.63) is 101 Å². The van der Waals surface area contributed by atoms with Crippen LogP contribution in [-0.2, 0) is 4.32 Å². The lowest BCUT2D eigenvalue weighted by Crippen LogP contribution is -2.16. The molecule has 0 saturated carbocycles. The molecule has 0 nitrogen and oxygen atoms in total. The van der Waals surface area contributed by atoms with E-state index in [2.05, 4.69) is 93.1 Å². The third kappa shape index (κ3) is 3.18. The summed E-state index contributed by atoms with van der Waals surface area (Å²) in [6, 6.07) is 18.8. The Kier molecular flexibility index (Phi) is 4.51. The molecule has 0 spiro atoms. The first-order chi connectivity index (χ1) is 10.6. The van der Waals surface area contributed by atoms with E-state index in [9.17, 15) is 0 Å². The fourth-order valence-corrected chi connectivity index (χ4v) is 3.41. The second-order valence-electron chi connectivity index (χ2n) is 5.41. The molecule has 22 heavy (non-hydrogen) atoms. The van der Waals surface area contributed by atoms with Crippen LogP contribution in [0.25, 0.3) is 5.57 Å². The van der Waals surface area contributed by atoms with E-state index in [0.717, 1.165) is 16.5 Å². The maximum absolute atomic E-state index is 4.24. The molecular weight excluding hydrogens is 400 g/mol. The van der Waals surface area contributed by atoms with E-state index in [4.69, 9.17) is 0 Å². The summed E-state index contributed by atoms with van der Waals surface area (Å²) in [5.74, 6) is 0. The second-order valence-corrected chi connectivity index (χ2v) is 7.74. The summed E-state index contributed by atoms with van der Waals surface area (Å²) < 4.78 is 0.967. The molecule has 0 radical (unpaired) electrons. The van der Waals surface area contributed by atoms with Crippen molar-refractivity contribution in [2.24, 2.45) is 0 Å². The van der Waals surface area contributed by atoms with Crippen molar-refractivity contribution in [2.75, 3.05) is 0 Å². The van der Waals surface area contributed by atoms with Gasteiger partial charge in [-0.2, -0.15) is 0 Å². The first-order valence-electron chi connectivity index (χ1n) is 7.17. The SMILES string of the molecule is C=C(C1=CCC(Br)(c2ccc(Br)cc2)C=C1)c1ccccc1. The van der Waals surface area contributed by atoms with Gasteiger partial charge < -0.3 is 0 Å². The van der Waals surface area contributed by atoms with Gasteiger partial charge in [-0.05, 0) is 40.8 Å². The predicted octanol–water partition coefficient (Wildman–Crippen LogP) is 6.64. The Labute approximate surface area is 148 Å². The molecule has 2 aromatic rings. The van der Waals surface area contributed by atoms with Crippen LogP contribution in [0.15, 0.2) is 89.5 Å². The smallest absolute Gasteiger partial charge is 0.0723 e. The van der Waals surface area contributed by atoms with Crippen molar-refractivity contribution in [2.45, 2.75) is 10.7 Å². The van der Waals surface area contributed by atoms with Crippen LogP contribution in [0, 0.1) is 0 Å². The number of hydrogen-bond acceptors (Lipinski definition) is 0. The van der Waals surface area contributed by atoms with Crippen LogP contribution < -0.4 is 0 Å². The summed E-state index contributed by atoms with van der Waals surface area (Å²) in [6.07, 6.45) is 7.55. The lowest BCUT2D eigenvalue weighted by Gasteiger charge is -2.27. The standard InChI is InChI=1S/C20H16Br2/c1-15(16-5-3-2-4-6-16)17-11-13-20(22,14-12-17)18-7-9-19(21)10-8-18/h2-13H,1,14H2. The van der Waals surface area contributed by atoms with Crippen LogP contribution in [0.3, 0.4) is 0 Å². The average molecular weight is 416 g/mol. The first-order valence-corrected chi connectivity index (χ1v) is 8.76. The third-order valence-electron chi connectivity index (χ3n) is 3.94. The Morgan fingerprint density at radius 2 is 1.68 bits per heavy atom. The third-order valence-corrected chi connectivity index (χ3v) is 5.52. The minimum Gasteiger partial charge on any atom is -0.0906 e. The van der Waals surface area contributed by atoms with Gasteiger partial charge in [0.2, 0.25) is 0 Å². The molecule has 2 heteroatoms. The van der Waals surface area contributed by atoms with Gasteiger partial charge in [0.25, 0.3) is 0 Å². The highest BCUT2D eigenvalue weighted by atomic mass is 79.9.